The predicted octanol–water partition coefficient (Wildman–Crippen LogP) is -1.95. The second-order valence-corrected chi connectivity index (χ2v) is 12.3. The van der Waals surface area contributed by atoms with Crippen molar-refractivity contribution in [3.63, 3.8) is 0 Å². The van der Waals surface area contributed by atoms with Crippen molar-refractivity contribution in [1.82, 2.24) is 10.6 Å². The van der Waals surface area contributed by atoms with Gasteiger partial charge in [-0.05, 0) is 37.1 Å². The predicted molar refractivity (Wildman–Crippen MR) is 189 cm³/mol. The van der Waals surface area contributed by atoms with Crippen LogP contribution in [0, 0.1) is 18.2 Å². The lowest BCUT2D eigenvalue weighted by Crippen LogP contribution is -2.68. The van der Waals surface area contributed by atoms with Crippen molar-refractivity contribution in [3.05, 3.63) is 56.1 Å². The van der Waals surface area contributed by atoms with Gasteiger partial charge >= 0.3 is 5.97 Å². The topological polar surface area (TPSA) is 272 Å². The summed E-state index contributed by atoms with van der Waals surface area (Å²) in [6.45, 7) is -0.0139. The number of terminal acetylenes is 1. The second-order valence-electron chi connectivity index (χ2n) is 12.3. The van der Waals surface area contributed by atoms with Gasteiger partial charge in [0, 0.05) is 31.6 Å². The standard InChI is InChI=1S/C35H47FN4O14/c1-2-13-51-16-17-52-15-12-38-28-27(30(46)31(28)47)37-11-5-3-4-6-14-53-35(34(49)50)18-23(42)26(40-25(44)20-41)32(54-35)29(45)24(43)19-39-33(48)21-7-9-22(36)10-8-21/h1,7-10,23-24,26,29,32,37-38,41-43,45H,3-6,11-20H2,(H,39,48)(H,40,44)(H,49,50)/t23-,24+,26+,29+,32+,35+/m0/s1. The Kier molecular flexibility index (Phi) is 17.9. The Morgan fingerprint density at radius 3 is 2.26 bits per heavy atom. The number of halogens is 1. The third kappa shape index (κ3) is 12.5. The fourth-order valence-corrected chi connectivity index (χ4v) is 5.55. The van der Waals surface area contributed by atoms with E-state index in [4.69, 9.17) is 25.4 Å². The number of carbonyl (C=O) groups is 3. The van der Waals surface area contributed by atoms with E-state index >= 15 is 0 Å². The number of nitrogens with one attached hydrogen (secondary N) is 4. The van der Waals surface area contributed by atoms with Crippen LogP contribution in [0.15, 0.2) is 33.9 Å². The Bertz CT molecular complexity index is 1630. The molecule has 2 aromatic rings. The van der Waals surface area contributed by atoms with Crippen molar-refractivity contribution in [2.24, 2.45) is 0 Å². The van der Waals surface area contributed by atoms with E-state index in [0.717, 1.165) is 12.1 Å². The molecular weight excluding hydrogens is 719 g/mol. The molecule has 6 atom stereocenters. The molecule has 18 nitrogen and oxygen atoms in total. The summed E-state index contributed by atoms with van der Waals surface area (Å²) in [5.41, 5.74) is -0.853. The van der Waals surface area contributed by atoms with Crippen molar-refractivity contribution >= 4 is 29.2 Å². The van der Waals surface area contributed by atoms with E-state index in [1.54, 1.807) is 0 Å². The SMILES string of the molecule is C#CCOCCOCCNc1c(NCCCCCCO[C@]2(C(=O)O)C[C@H](O)[C@@H](NC(=O)CO)[C@H]([C@H](O)[C@H](O)CNC(=O)c3ccc(F)cc3)O2)c(=O)c1=O. The molecule has 0 radical (unpaired) electrons. The van der Waals surface area contributed by atoms with Crippen molar-refractivity contribution in [2.75, 3.05) is 69.9 Å². The average molecular weight is 767 g/mol. The van der Waals surface area contributed by atoms with Gasteiger partial charge in [-0.3, -0.25) is 19.2 Å². The van der Waals surface area contributed by atoms with Gasteiger partial charge in [0.15, 0.2) is 0 Å². The molecule has 298 valence electrons. The van der Waals surface area contributed by atoms with E-state index in [9.17, 15) is 53.9 Å². The van der Waals surface area contributed by atoms with E-state index in [1.165, 1.54) is 12.1 Å². The van der Waals surface area contributed by atoms with Crippen LogP contribution in [0.2, 0.25) is 0 Å². The molecule has 1 fully saturated rings. The molecule has 19 heteroatoms. The molecule has 0 bridgehead atoms. The van der Waals surface area contributed by atoms with Crippen LogP contribution in [-0.4, -0.2) is 139 Å². The molecule has 1 aliphatic rings. The first-order valence-corrected chi connectivity index (χ1v) is 17.3. The highest BCUT2D eigenvalue weighted by atomic mass is 19.1. The highest BCUT2D eigenvalue weighted by Crippen LogP contribution is 2.34. The Morgan fingerprint density at radius 1 is 0.963 bits per heavy atom. The van der Waals surface area contributed by atoms with Gasteiger partial charge in [-0.1, -0.05) is 18.8 Å². The van der Waals surface area contributed by atoms with Crippen molar-refractivity contribution in [3.8, 4) is 12.3 Å². The zero-order valence-electron chi connectivity index (χ0n) is 29.5. The first-order valence-electron chi connectivity index (χ1n) is 17.3. The summed E-state index contributed by atoms with van der Waals surface area (Å²) < 4.78 is 35.0. The van der Waals surface area contributed by atoms with Gasteiger partial charge in [0.05, 0.1) is 44.7 Å². The molecule has 9 N–H and O–H groups in total. The number of carboxylic acids is 1. The van der Waals surface area contributed by atoms with E-state index < -0.39 is 90.3 Å². The Morgan fingerprint density at radius 2 is 1.61 bits per heavy atom. The zero-order chi connectivity index (χ0) is 39.7. The van der Waals surface area contributed by atoms with E-state index in [0.29, 0.717) is 52.0 Å². The molecule has 0 aliphatic carbocycles. The summed E-state index contributed by atoms with van der Waals surface area (Å²) in [5.74, 6) is -4.13. The summed E-state index contributed by atoms with van der Waals surface area (Å²) >= 11 is 0. The molecule has 0 aromatic heterocycles. The number of aliphatic hydroxyl groups is 4. The smallest absolute Gasteiger partial charge is 0.364 e. The maximum atomic E-state index is 13.2. The van der Waals surface area contributed by atoms with Crippen molar-refractivity contribution in [1.29, 1.82) is 0 Å². The molecule has 0 spiro atoms. The number of anilines is 2. The fraction of sp³-hybridized carbons (Fsp3) is 0.571. The van der Waals surface area contributed by atoms with Crippen molar-refractivity contribution in [2.45, 2.75) is 68.3 Å². The van der Waals surface area contributed by atoms with Crippen LogP contribution in [0.1, 0.15) is 42.5 Å². The molecule has 1 heterocycles. The molecular formula is C35H47FN4O14. The number of aliphatic hydroxyl groups excluding tert-OH is 4. The highest BCUT2D eigenvalue weighted by molar-refractivity contribution is 5.94. The minimum atomic E-state index is -2.52. The number of carbonyl (C=O) groups excluding carboxylic acids is 2. The van der Waals surface area contributed by atoms with E-state index in [1.807, 2.05) is 0 Å². The van der Waals surface area contributed by atoms with Gasteiger partial charge in [0.2, 0.25) is 5.91 Å². The van der Waals surface area contributed by atoms with Crippen LogP contribution in [0.3, 0.4) is 0 Å². The van der Waals surface area contributed by atoms with Gasteiger partial charge in [0.1, 0.15) is 42.6 Å². The van der Waals surface area contributed by atoms with Gasteiger partial charge in [-0.15, -0.1) is 6.42 Å². The minimum Gasteiger partial charge on any atom is -0.477 e. The third-order valence-corrected chi connectivity index (χ3v) is 8.40. The largest absolute Gasteiger partial charge is 0.477 e. The molecule has 54 heavy (non-hydrogen) atoms. The summed E-state index contributed by atoms with van der Waals surface area (Å²) in [6.07, 6.45) is -0.887. The quantitative estimate of drug-likeness (QED) is 0.0302. The summed E-state index contributed by atoms with van der Waals surface area (Å²) in [5, 5.41) is 62.4. The molecule has 1 aliphatic heterocycles. The fourth-order valence-electron chi connectivity index (χ4n) is 5.55. The molecule has 2 aromatic carbocycles. The lowest BCUT2D eigenvalue weighted by Gasteiger charge is -2.46. The number of unbranched alkanes of at least 4 members (excludes halogenated alkanes) is 3. The second kappa shape index (κ2) is 22.0. The first-order chi connectivity index (χ1) is 25.8. The maximum Gasteiger partial charge on any atom is 0.364 e. The number of aliphatic carboxylic acids is 1. The number of ether oxygens (including phenoxy) is 4. The lowest BCUT2D eigenvalue weighted by molar-refractivity contribution is -0.310. The number of carboxylic acid groups (broad SMARTS) is 1. The van der Waals surface area contributed by atoms with Crippen LogP contribution < -0.4 is 32.1 Å². The summed E-state index contributed by atoms with van der Waals surface area (Å²) in [4.78, 5) is 60.9. The van der Waals surface area contributed by atoms with E-state index in [2.05, 4.69) is 27.2 Å². The minimum absolute atomic E-state index is 0.0481. The van der Waals surface area contributed by atoms with Gasteiger partial charge in [-0.2, -0.15) is 0 Å². The number of rotatable bonds is 25. The lowest BCUT2D eigenvalue weighted by atomic mass is 9.88. The summed E-state index contributed by atoms with van der Waals surface area (Å²) in [7, 11) is 0. The van der Waals surface area contributed by atoms with Crippen molar-refractivity contribution < 1.29 is 63.3 Å². The molecule has 0 saturated carbocycles. The Balaban J connectivity index is 1.49. The van der Waals surface area contributed by atoms with E-state index in [-0.39, 0.29) is 36.8 Å². The zero-order valence-corrected chi connectivity index (χ0v) is 29.5. The average Bonchev–Trinajstić information content (AvgIpc) is 3.16. The Labute approximate surface area is 309 Å². The molecule has 0 unspecified atom stereocenters. The summed E-state index contributed by atoms with van der Waals surface area (Å²) in [6, 6.07) is 2.98. The Hall–Kier alpha value is -4.52. The molecule has 1 saturated heterocycles. The van der Waals surface area contributed by atoms with Gasteiger partial charge < -0.3 is 65.7 Å². The van der Waals surface area contributed by atoms with Crippen LogP contribution in [0.5, 0.6) is 0 Å². The van der Waals surface area contributed by atoms with Gasteiger partial charge in [0.25, 0.3) is 22.6 Å². The van der Waals surface area contributed by atoms with Crippen LogP contribution in [0.25, 0.3) is 0 Å². The number of hydrogen-bond acceptors (Lipinski definition) is 15. The molecule has 3 rings (SSSR count). The monoisotopic (exact) mass is 766 g/mol. The van der Waals surface area contributed by atoms with Crippen LogP contribution >= 0.6 is 0 Å². The van der Waals surface area contributed by atoms with Gasteiger partial charge in [-0.25, -0.2) is 9.18 Å². The van der Waals surface area contributed by atoms with Crippen LogP contribution in [-0.2, 0) is 28.5 Å². The van der Waals surface area contributed by atoms with Crippen LogP contribution in [0.4, 0.5) is 15.8 Å². The number of amides is 2. The maximum absolute atomic E-state index is 13.2. The third-order valence-electron chi connectivity index (χ3n) is 8.40. The number of benzene rings is 1. The first kappa shape index (κ1) is 43.9. The molecule has 2 amide bonds. The normalized spacial score (nSPS) is 20.8. The highest BCUT2D eigenvalue weighted by Gasteiger charge is 2.55. The number of hydrogen-bond donors (Lipinski definition) is 9.